The molecule has 4 nitrogen and oxygen atoms in total. The molecule has 0 N–H and O–H groups in total. The maximum absolute atomic E-state index is 12.2. The predicted octanol–water partition coefficient (Wildman–Crippen LogP) is 4.44. The molecule has 126 valence electrons. The second kappa shape index (κ2) is 7.94. The lowest BCUT2D eigenvalue weighted by molar-refractivity contribution is 0.102. The zero-order valence-electron chi connectivity index (χ0n) is 14.1. The van der Waals surface area contributed by atoms with Gasteiger partial charge in [0.05, 0.1) is 18.6 Å². The lowest BCUT2D eigenvalue weighted by atomic mass is 10.1. The van der Waals surface area contributed by atoms with Crippen LogP contribution in [0.5, 0.6) is 5.75 Å². The van der Waals surface area contributed by atoms with E-state index in [0.717, 1.165) is 33.2 Å². The van der Waals surface area contributed by atoms with Crippen molar-refractivity contribution in [3.05, 3.63) is 71.8 Å². The van der Waals surface area contributed by atoms with Crippen LogP contribution in [0.15, 0.2) is 65.7 Å². The average molecular weight is 350 g/mol. The third kappa shape index (κ3) is 4.25. The van der Waals surface area contributed by atoms with Crippen molar-refractivity contribution < 1.29 is 9.53 Å². The fourth-order valence-electron chi connectivity index (χ4n) is 2.36. The molecule has 0 saturated heterocycles. The first-order valence-electron chi connectivity index (χ1n) is 7.87. The first-order chi connectivity index (χ1) is 12.2. The Morgan fingerprint density at radius 3 is 2.44 bits per heavy atom. The highest BCUT2D eigenvalue weighted by molar-refractivity contribution is 7.99. The first-order valence-corrected chi connectivity index (χ1v) is 8.86. The minimum Gasteiger partial charge on any atom is -0.496 e. The van der Waals surface area contributed by atoms with E-state index < -0.39 is 0 Å². The van der Waals surface area contributed by atoms with Crippen LogP contribution in [0, 0.1) is 6.92 Å². The summed E-state index contributed by atoms with van der Waals surface area (Å²) in [6.45, 7) is 2.00. The second-order valence-electron chi connectivity index (χ2n) is 5.53. The van der Waals surface area contributed by atoms with Crippen LogP contribution < -0.4 is 4.74 Å². The number of methoxy groups -OCH3 is 1. The van der Waals surface area contributed by atoms with Crippen molar-refractivity contribution >= 4 is 17.5 Å². The number of Topliss-reactive ketones (excluding diaryl/α,β-unsaturated/α-hetero) is 1. The summed E-state index contributed by atoms with van der Waals surface area (Å²) >= 11 is 1.39. The van der Waals surface area contributed by atoms with Gasteiger partial charge in [-0.15, -0.1) is 10.2 Å². The molecule has 0 bridgehead atoms. The maximum atomic E-state index is 12.2. The van der Waals surface area contributed by atoms with E-state index >= 15 is 0 Å². The van der Waals surface area contributed by atoms with Gasteiger partial charge in [-0.3, -0.25) is 4.79 Å². The number of ketones is 1. The van der Waals surface area contributed by atoms with Gasteiger partial charge in [0.15, 0.2) is 5.78 Å². The SMILES string of the molecule is COc1ccccc1-c1ccc(SCC(=O)c2ccc(C)cc2)nn1. The standard InChI is InChI=1S/C20H18N2O2S/c1-14-7-9-15(10-8-14)18(23)13-25-20-12-11-17(21-22-20)16-5-3-4-6-19(16)24-2/h3-12H,13H2,1-2H3. The van der Waals surface area contributed by atoms with Crippen molar-refractivity contribution in [3.63, 3.8) is 0 Å². The predicted molar refractivity (Wildman–Crippen MR) is 100 cm³/mol. The Bertz CT molecular complexity index is 862. The van der Waals surface area contributed by atoms with Crippen molar-refractivity contribution in [1.82, 2.24) is 10.2 Å². The molecule has 25 heavy (non-hydrogen) atoms. The van der Waals surface area contributed by atoms with E-state index in [-0.39, 0.29) is 5.78 Å². The number of benzene rings is 2. The lowest BCUT2D eigenvalue weighted by Crippen LogP contribution is -2.02. The third-order valence-electron chi connectivity index (χ3n) is 3.75. The minimum atomic E-state index is 0.0839. The molecule has 1 heterocycles. The molecule has 5 heteroatoms. The van der Waals surface area contributed by atoms with Crippen molar-refractivity contribution in [2.24, 2.45) is 0 Å². The van der Waals surface area contributed by atoms with Crippen molar-refractivity contribution in [1.29, 1.82) is 0 Å². The molecular formula is C20H18N2O2S. The number of hydrogen-bond donors (Lipinski definition) is 0. The van der Waals surface area contributed by atoms with E-state index in [1.807, 2.05) is 67.6 Å². The number of aromatic nitrogens is 2. The Morgan fingerprint density at radius 2 is 1.76 bits per heavy atom. The summed E-state index contributed by atoms with van der Waals surface area (Å²) in [6, 6.07) is 19.0. The zero-order valence-corrected chi connectivity index (χ0v) is 14.9. The second-order valence-corrected chi connectivity index (χ2v) is 6.53. The molecule has 2 aromatic carbocycles. The molecule has 1 aromatic heterocycles. The normalized spacial score (nSPS) is 10.5. The number of carbonyl (C=O) groups is 1. The first kappa shape index (κ1) is 17.2. The molecule has 0 radical (unpaired) electrons. The fraction of sp³-hybridized carbons (Fsp3) is 0.150. The topological polar surface area (TPSA) is 52.1 Å². The van der Waals surface area contributed by atoms with E-state index in [0.29, 0.717) is 5.75 Å². The molecule has 0 spiro atoms. The monoisotopic (exact) mass is 350 g/mol. The van der Waals surface area contributed by atoms with Crippen LogP contribution in [0.4, 0.5) is 0 Å². The fourth-order valence-corrected chi connectivity index (χ4v) is 3.07. The smallest absolute Gasteiger partial charge is 0.173 e. The molecule has 0 aliphatic carbocycles. The molecular weight excluding hydrogens is 332 g/mol. The van der Waals surface area contributed by atoms with Crippen molar-refractivity contribution in [3.8, 4) is 17.0 Å². The van der Waals surface area contributed by atoms with Gasteiger partial charge in [-0.2, -0.15) is 0 Å². The Morgan fingerprint density at radius 1 is 1.00 bits per heavy atom. The maximum Gasteiger partial charge on any atom is 0.173 e. The summed E-state index contributed by atoms with van der Waals surface area (Å²) < 4.78 is 5.35. The lowest BCUT2D eigenvalue weighted by Gasteiger charge is -2.07. The molecule has 0 fully saturated rings. The molecule has 0 atom stereocenters. The van der Waals surface area contributed by atoms with E-state index in [4.69, 9.17) is 4.74 Å². The van der Waals surface area contributed by atoms with Crippen LogP contribution in [-0.4, -0.2) is 28.8 Å². The van der Waals surface area contributed by atoms with E-state index in [2.05, 4.69) is 10.2 Å². The van der Waals surface area contributed by atoms with Crippen LogP contribution in [0.2, 0.25) is 0 Å². The summed E-state index contributed by atoms with van der Waals surface area (Å²) in [6.07, 6.45) is 0. The van der Waals surface area contributed by atoms with Crippen LogP contribution in [-0.2, 0) is 0 Å². The van der Waals surface area contributed by atoms with Gasteiger partial charge < -0.3 is 4.74 Å². The average Bonchev–Trinajstić information content (AvgIpc) is 2.67. The number of hydrogen-bond acceptors (Lipinski definition) is 5. The Hall–Kier alpha value is -2.66. The number of aryl methyl sites for hydroxylation is 1. The summed E-state index contributed by atoms with van der Waals surface area (Å²) in [5.41, 5.74) is 3.50. The Kier molecular flexibility index (Phi) is 5.46. The zero-order chi connectivity index (χ0) is 17.6. The van der Waals surface area contributed by atoms with Gasteiger partial charge in [-0.25, -0.2) is 0 Å². The van der Waals surface area contributed by atoms with Crippen LogP contribution in [0.1, 0.15) is 15.9 Å². The van der Waals surface area contributed by atoms with Gasteiger partial charge in [0.2, 0.25) is 0 Å². The highest BCUT2D eigenvalue weighted by Gasteiger charge is 2.10. The highest BCUT2D eigenvalue weighted by atomic mass is 32.2. The highest BCUT2D eigenvalue weighted by Crippen LogP contribution is 2.28. The summed E-state index contributed by atoms with van der Waals surface area (Å²) in [7, 11) is 1.63. The number of thioether (sulfide) groups is 1. The molecule has 0 unspecified atom stereocenters. The molecule has 0 aliphatic heterocycles. The van der Waals surface area contributed by atoms with Gasteiger partial charge in [0.1, 0.15) is 10.8 Å². The Balaban J connectivity index is 1.67. The van der Waals surface area contributed by atoms with E-state index in [9.17, 15) is 4.79 Å². The summed E-state index contributed by atoms with van der Waals surface area (Å²) in [4.78, 5) is 12.2. The van der Waals surface area contributed by atoms with E-state index in [1.165, 1.54) is 11.8 Å². The van der Waals surface area contributed by atoms with Gasteiger partial charge >= 0.3 is 0 Å². The van der Waals surface area contributed by atoms with Gasteiger partial charge in [-0.05, 0) is 31.2 Å². The quantitative estimate of drug-likeness (QED) is 0.486. The van der Waals surface area contributed by atoms with Gasteiger partial charge in [0, 0.05) is 11.1 Å². The molecule has 0 saturated carbocycles. The molecule has 3 aromatic rings. The van der Waals surface area contributed by atoms with Crippen LogP contribution in [0.3, 0.4) is 0 Å². The minimum absolute atomic E-state index is 0.0839. The Labute approximate surface area is 151 Å². The molecule has 0 amide bonds. The van der Waals surface area contributed by atoms with Crippen LogP contribution >= 0.6 is 11.8 Å². The molecule has 0 aliphatic rings. The number of rotatable bonds is 6. The van der Waals surface area contributed by atoms with Crippen molar-refractivity contribution in [2.45, 2.75) is 11.9 Å². The largest absolute Gasteiger partial charge is 0.496 e. The van der Waals surface area contributed by atoms with Crippen LogP contribution in [0.25, 0.3) is 11.3 Å². The number of nitrogens with zero attached hydrogens (tertiary/aromatic N) is 2. The summed E-state index contributed by atoms with van der Waals surface area (Å²) in [5.74, 6) is 1.18. The summed E-state index contributed by atoms with van der Waals surface area (Å²) in [5, 5.41) is 9.19. The van der Waals surface area contributed by atoms with E-state index in [1.54, 1.807) is 7.11 Å². The number of para-hydroxylation sites is 1. The number of carbonyl (C=O) groups excluding carboxylic acids is 1. The van der Waals surface area contributed by atoms with Gasteiger partial charge in [-0.1, -0.05) is 53.7 Å². The van der Waals surface area contributed by atoms with Gasteiger partial charge in [0.25, 0.3) is 0 Å². The number of ether oxygens (including phenoxy) is 1. The van der Waals surface area contributed by atoms with Crippen molar-refractivity contribution in [2.75, 3.05) is 12.9 Å². The molecule has 3 rings (SSSR count). The third-order valence-corrected chi connectivity index (χ3v) is 4.67.